The van der Waals surface area contributed by atoms with Crippen molar-refractivity contribution in [3.05, 3.63) is 108 Å². The lowest BCUT2D eigenvalue weighted by Gasteiger charge is -2.20. The first-order chi connectivity index (χ1) is 18.8. The molecule has 4 aromatic heterocycles. The van der Waals surface area contributed by atoms with E-state index in [9.17, 15) is 13.5 Å². The average Bonchev–Trinajstić information content (AvgIpc) is 3.74. The number of aliphatic hydroxyl groups is 1. The predicted octanol–water partition coefficient (Wildman–Crippen LogP) is 4.68. The van der Waals surface area contributed by atoms with Crippen molar-refractivity contribution in [2.45, 2.75) is 17.4 Å². The molecule has 0 radical (unpaired) electrons. The molecule has 0 amide bonds. The van der Waals surface area contributed by atoms with Crippen molar-refractivity contribution in [1.82, 2.24) is 28.5 Å². The van der Waals surface area contributed by atoms with Crippen LogP contribution in [0.1, 0.15) is 17.0 Å². The van der Waals surface area contributed by atoms with Gasteiger partial charge in [0.15, 0.2) is 17.1 Å². The summed E-state index contributed by atoms with van der Waals surface area (Å²) >= 11 is 1.38. The minimum absolute atomic E-state index is 0.165. The highest BCUT2D eigenvalue weighted by atomic mass is 32.2. The smallest absolute Gasteiger partial charge is 0.269 e. The molecule has 11 heteroatoms. The Morgan fingerprint density at radius 2 is 1.82 bits per heavy atom. The van der Waals surface area contributed by atoms with Crippen molar-refractivity contribution in [1.29, 1.82) is 0 Å². The van der Waals surface area contributed by atoms with Gasteiger partial charge in [-0.1, -0.05) is 35.9 Å². The van der Waals surface area contributed by atoms with Crippen LogP contribution in [0.15, 0.2) is 95.9 Å². The maximum atomic E-state index is 13.5. The second-order valence-corrected chi connectivity index (χ2v) is 11.9. The van der Waals surface area contributed by atoms with E-state index < -0.39 is 15.6 Å². The highest BCUT2D eigenvalue weighted by molar-refractivity contribution is 7.90. The molecule has 6 aromatic rings. The fourth-order valence-corrected chi connectivity index (χ4v) is 6.90. The topological polar surface area (TPSA) is 116 Å². The molecule has 1 N–H and O–H groups in total. The molecule has 0 fully saturated rings. The van der Waals surface area contributed by atoms with Crippen LogP contribution < -0.4 is 0 Å². The van der Waals surface area contributed by atoms with Gasteiger partial charge in [0.05, 0.1) is 16.2 Å². The molecular formula is C28H20N6O3S2. The van der Waals surface area contributed by atoms with E-state index in [0.29, 0.717) is 33.2 Å². The van der Waals surface area contributed by atoms with Gasteiger partial charge in [0.2, 0.25) is 0 Å². The van der Waals surface area contributed by atoms with Crippen molar-refractivity contribution in [3.8, 4) is 21.8 Å². The van der Waals surface area contributed by atoms with Gasteiger partial charge in [0, 0.05) is 48.1 Å². The van der Waals surface area contributed by atoms with E-state index in [1.807, 2.05) is 36.6 Å². The Morgan fingerprint density at radius 1 is 1.00 bits per heavy atom. The average molecular weight is 553 g/mol. The van der Waals surface area contributed by atoms with Crippen LogP contribution in [0.4, 0.5) is 0 Å². The molecule has 192 valence electrons. The lowest BCUT2D eigenvalue weighted by Crippen LogP contribution is -2.24. The highest BCUT2D eigenvalue weighted by Crippen LogP contribution is 2.38. The van der Waals surface area contributed by atoms with E-state index >= 15 is 0 Å². The molecule has 1 aliphatic rings. The molecule has 7 rings (SSSR count). The summed E-state index contributed by atoms with van der Waals surface area (Å²) in [4.78, 5) is 18.1. The van der Waals surface area contributed by atoms with Crippen molar-refractivity contribution >= 4 is 38.7 Å². The fraction of sp³-hybridized carbons (Fsp3) is 0.0714. The Kier molecular flexibility index (Phi) is 5.17. The summed E-state index contributed by atoms with van der Waals surface area (Å²) in [5.41, 5.74) is 3.04. The first-order valence-corrected chi connectivity index (χ1v) is 14.3. The number of imidazole rings is 1. The highest BCUT2D eigenvalue weighted by Gasteiger charge is 2.36. The molecule has 1 atom stereocenters. The molecule has 1 aliphatic heterocycles. The van der Waals surface area contributed by atoms with Gasteiger partial charge in [-0.3, -0.25) is 4.98 Å². The summed E-state index contributed by atoms with van der Waals surface area (Å²) < 4.78 is 30.0. The Bertz CT molecular complexity index is 2020. The third kappa shape index (κ3) is 3.66. The minimum atomic E-state index is -3.91. The number of aromatic nitrogens is 6. The van der Waals surface area contributed by atoms with Crippen LogP contribution in [0.25, 0.3) is 39.2 Å². The van der Waals surface area contributed by atoms with Gasteiger partial charge < -0.3 is 9.67 Å². The number of fused-ring (bicyclic) bond motifs is 2. The van der Waals surface area contributed by atoms with Crippen molar-refractivity contribution in [2.24, 2.45) is 0 Å². The molecule has 0 saturated heterocycles. The molecular weight excluding hydrogens is 532 g/mol. The minimum Gasteiger partial charge on any atom is -0.373 e. The van der Waals surface area contributed by atoms with Gasteiger partial charge in [-0.05, 0) is 36.8 Å². The fourth-order valence-electron chi connectivity index (χ4n) is 4.75. The van der Waals surface area contributed by atoms with Crippen LogP contribution in [-0.4, -0.2) is 42.0 Å². The number of hydrogen-bond acceptors (Lipinski definition) is 8. The van der Waals surface area contributed by atoms with Crippen molar-refractivity contribution in [2.75, 3.05) is 0 Å². The van der Waals surface area contributed by atoms with E-state index in [1.54, 1.807) is 53.5 Å². The Labute approximate surface area is 227 Å². The molecule has 39 heavy (non-hydrogen) atoms. The maximum Gasteiger partial charge on any atom is 0.269 e. The summed E-state index contributed by atoms with van der Waals surface area (Å²) in [5.74, 6) is 0.528. The van der Waals surface area contributed by atoms with E-state index in [-0.39, 0.29) is 10.5 Å². The van der Waals surface area contributed by atoms with E-state index in [4.69, 9.17) is 4.98 Å². The van der Waals surface area contributed by atoms with E-state index in [0.717, 1.165) is 11.1 Å². The first-order valence-electron chi connectivity index (χ1n) is 12.0. The quantitative estimate of drug-likeness (QED) is 0.330. The van der Waals surface area contributed by atoms with Gasteiger partial charge in [-0.25, -0.2) is 27.3 Å². The van der Waals surface area contributed by atoms with Crippen LogP contribution in [0, 0.1) is 6.92 Å². The third-order valence-corrected chi connectivity index (χ3v) is 9.33. The largest absolute Gasteiger partial charge is 0.373 e. The zero-order chi connectivity index (χ0) is 26.8. The molecule has 9 nitrogen and oxygen atoms in total. The summed E-state index contributed by atoms with van der Waals surface area (Å²) in [6.07, 6.45) is 11.5. The standard InChI is InChI=1S/C28H20N6O3S2/c1-18-5-7-21(8-6-18)39(36,37)34-16-22(24-25(34)30-11-10-29-24)26-32-23(17-38-26)19-3-2-4-20(15-19)28(35)9-13-33-14-12-31-27(28)33/h2-17,35H,1H3/t28-/m0/s1. The summed E-state index contributed by atoms with van der Waals surface area (Å²) in [6.45, 7) is 1.90. The summed E-state index contributed by atoms with van der Waals surface area (Å²) in [5, 5.41) is 13.9. The van der Waals surface area contributed by atoms with Crippen LogP contribution in [0.3, 0.4) is 0 Å². The number of thiazole rings is 1. The maximum absolute atomic E-state index is 13.5. The molecule has 0 spiro atoms. The SMILES string of the molecule is Cc1ccc(S(=O)(=O)n2cc(-c3nc(-c4cccc([C@@]5(O)C=Cn6ccnc65)c4)cs3)c3nccnc32)cc1. The van der Waals surface area contributed by atoms with Gasteiger partial charge >= 0.3 is 0 Å². The number of nitrogens with zero attached hydrogens (tertiary/aromatic N) is 6. The second kappa shape index (κ2) is 8.53. The summed E-state index contributed by atoms with van der Waals surface area (Å²) in [6, 6.07) is 14.2. The van der Waals surface area contributed by atoms with Crippen LogP contribution in [0.2, 0.25) is 0 Å². The Balaban J connectivity index is 1.30. The van der Waals surface area contributed by atoms with Crippen molar-refractivity contribution in [3.63, 3.8) is 0 Å². The van der Waals surface area contributed by atoms with Gasteiger partial charge in [-0.2, -0.15) is 0 Å². The third-order valence-electron chi connectivity index (χ3n) is 6.79. The Hall–Kier alpha value is -4.45. The molecule has 0 saturated carbocycles. The second-order valence-electron chi connectivity index (χ2n) is 9.24. The lowest BCUT2D eigenvalue weighted by molar-refractivity contribution is 0.129. The lowest BCUT2D eigenvalue weighted by atomic mass is 9.92. The van der Waals surface area contributed by atoms with Crippen LogP contribution in [-0.2, 0) is 15.6 Å². The number of aryl methyl sites for hydroxylation is 1. The Morgan fingerprint density at radius 3 is 2.67 bits per heavy atom. The van der Waals surface area contributed by atoms with E-state index in [2.05, 4.69) is 15.0 Å². The number of rotatable bonds is 5. The zero-order valence-corrected chi connectivity index (χ0v) is 22.1. The predicted molar refractivity (Wildman–Crippen MR) is 148 cm³/mol. The molecule has 2 aromatic carbocycles. The normalized spacial score (nSPS) is 16.7. The van der Waals surface area contributed by atoms with Crippen LogP contribution >= 0.6 is 11.3 Å². The van der Waals surface area contributed by atoms with E-state index in [1.165, 1.54) is 33.9 Å². The van der Waals surface area contributed by atoms with Crippen molar-refractivity contribution < 1.29 is 13.5 Å². The number of benzene rings is 2. The first kappa shape index (κ1) is 23.7. The molecule has 0 aliphatic carbocycles. The number of hydrogen-bond donors (Lipinski definition) is 1. The monoisotopic (exact) mass is 552 g/mol. The molecule has 0 unspecified atom stereocenters. The van der Waals surface area contributed by atoms with Gasteiger partial charge in [-0.15, -0.1) is 11.3 Å². The van der Waals surface area contributed by atoms with Crippen LogP contribution in [0.5, 0.6) is 0 Å². The zero-order valence-electron chi connectivity index (χ0n) is 20.5. The molecule has 0 bridgehead atoms. The molecule has 5 heterocycles. The van der Waals surface area contributed by atoms with Gasteiger partial charge in [0.1, 0.15) is 10.5 Å². The summed E-state index contributed by atoms with van der Waals surface area (Å²) in [7, 11) is -3.91. The van der Waals surface area contributed by atoms with Gasteiger partial charge in [0.25, 0.3) is 10.0 Å².